The lowest BCUT2D eigenvalue weighted by atomic mass is 10.1. The zero-order valence-electron chi connectivity index (χ0n) is 10.9. The summed E-state index contributed by atoms with van der Waals surface area (Å²) in [6.07, 6.45) is 8.06. The van der Waals surface area contributed by atoms with Crippen LogP contribution in [0.25, 0.3) is 0 Å². The molecule has 0 aliphatic carbocycles. The maximum atomic E-state index is 4.17. The van der Waals surface area contributed by atoms with Crippen LogP contribution in [-0.4, -0.2) is 16.7 Å². The molecule has 3 nitrogen and oxygen atoms in total. The quantitative estimate of drug-likeness (QED) is 0.658. The topological polar surface area (TPSA) is 40.7 Å². The number of aromatic nitrogens is 2. The molecular weight excluding hydrogens is 198 g/mol. The number of hydrogen-bond donors (Lipinski definition) is 2. The molecule has 1 rings (SSSR count). The molecule has 0 aliphatic rings. The molecule has 16 heavy (non-hydrogen) atoms. The summed E-state index contributed by atoms with van der Waals surface area (Å²) in [5.74, 6) is 0. The number of H-pyrrole nitrogens is 1. The van der Waals surface area contributed by atoms with Crippen molar-refractivity contribution in [2.75, 3.05) is 11.9 Å². The first-order valence-corrected chi connectivity index (χ1v) is 6.51. The monoisotopic (exact) mass is 223 g/mol. The molecule has 0 aromatic carbocycles. The number of nitrogens with zero attached hydrogens (tertiary/aromatic N) is 1. The van der Waals surface area contributed by atoms with Crippen molar-refractivity contribution < 1.29 is 0 Å². The average molecular weight is 223 g/mol. The van der Waals surface area contributed by atoms with E-state index in [2.05, 4.69) is 29.4 Å². The third kappa shape index (κ3) is 4.25. The van der Waals surface area contributed by atoms with Crippen molar-refractivity contribution in [1.82, 2.24) is 10.2 Å². The number of unbranched alkanes of at least 4 members (excludes halogenated alkanes) is 5. The molecule has 2 N–H and O–H groups in total. The van der Waals surface area contributed by atoms with Crippen molar-refractivity contribution >= 4 is 5.69 Å². The van der Waals surface area contributed by atoms with Crippen molar-refractivity contribution in [3.05, 3.63) is 11.4 Å². The second-order valence-electron chi connectivity index (χ2n) is 4.50. The van der Waals surface area contributed by atoms with Crippen LogP contribution >= 0.6 is 0 Å². The van der Waals surface area contributed by atoms with Gasteiger partial charge in [-0.15, -0.1) is 0 Å². The Balaban J connectivity index is 2.07. The van der Waals surface area contributed by atoms with Crippen molar-refractivity contribution in [2.24, 2.45) is 0 Å². The number of rotatable bonds is 8. The van der Waals surface area contributed by atoms with Gasteiger partial charge in [-0.25, -0.2) is 0 Å². The van der Waals surface area contributed by atoms with E-state index < -0.39 is 0 Å². The van der Waals surface area contributed by atoms with Gasteiger partial charge in [-0.1, -0.05) is 39.0 Å². The zero-order chi connectivity index (χ0) is 11.8. The molecule has 1 aromatic rings. The van der Waals surface area contributed by atoms with Crippen LogP contribution in [0.2, 0.25) is 0 Å². The Morgan fingerprint density at radius 3 is 2.38 bits per heavy atom. The molecule has 0 spiro atoms. The first-order chi connectivity index (χ1) is 7.75. The molecule has 0 saturated heterocycles. The molecule has 1 aromatic heterocycles. The van der Waals surface area contributed by atoms with Crippen molar-refractivity contribution in [3.8, 4) is 0 Å². The predicted molar refractivity (Wildman–Crippen MR) is 69.9 cm³/mol. The fourth-order valence-electron chi connectivity index (χ4n) is 1.93. The summed E-state index contributed by atoms with van der Waals surface area (Å²) < 4.78 is 0. The minimum Gasteiger partial charge on any atom is -0.382 e. The van der Waals surface area contributed by atoms with Gasteiger partial charge in [-0.2, -0.15) is 5.10 Å². The molecule has 0 saturated carbocycles. The highest BCUT2D eigenvalue weighted by Gasteiger charge is 2.03. The fourth-order valence-corrected chi connectivity index (χ4v) is 1.93. The number of hydrogen-bond acceptors (Lipinski definition) is 2. The molecule has 0 fully saturated rings. The van der Waals surface area contributed by atoms with Crippen molar-refractivity contribution in [3.63, 3.8) is 0 Å². The van der Waals surface area contributed by atoms with Gasteiger partial charge in [-0.3, -0.25) is 5.10 Å². The average Bonchev–Trinajstić information content (AvgIpc) is 2.59. The Bertz CT molecular complexity index is 272. The highest BCUT2D eigenvalue weighted by Crippen LogP contribution is 2.16. The van der Waals surface area contributed by atoms with Gasteiger partial charge in [0.25, 0.3) is 0 Å². The molecule has 0 radical (unpaired) electrons. The number of aromatic amines is 1. The van der Waals surface area contributed by atoms with E-state index in [-0.39, 0.29) is 0 Å². The first kappa shape index (κ1) is 13.1. The van der Waals surface area contributed by atoms with Gasteiger partial charge < -0.3 is 5.32 Å². The van der Waals surface area contributed by atoms with Crippen LogP contribution < -0.4 is 5.32 Å². The fraction of sp³-hybridized carbons (Fsp3) is 0.769. The van der Waals surface area contributed by atoms with Gasteiger partial charge in [-0.05, 0) is 20.3 Å². The lowest BCUT2D eigenvalue weighted by Gasteiger charge is -2.06. The molecule has 0 atom stereocenters. The van der Waals surface area contributed by atoms with Crippen molar-refractivity contribution in [1.29, 1.82) is 0 Å². The van der Waals surface area contributed by atoms with E-state index in [1.807, 2.05) is 6.92 Å². The predicted octanol–water partition coefficient (Wildman–Crippen LogP) is 3.80. The van der Waals surface area contributed by atoms with Crippen LogP contribution in [-0.2, 0) is 0 Å². The standard InChI is InChI=1S/C13H25N3/c1-4-5-6-7-8-9-10-14-13-11(2)15-16-12(13)3/h14H,4-10H2,1-3H3,(H,15,16). The summed E-state index contributed by atoms with van der Waals surface area (Å²) in [5.41, 5.74) is 3.40. The van der Waals surface area contributed by atoms with Gasteiger partial charge in [0.2, 0.25) is 0 Å². The van der Waals surface area contributed by atoms with Gasteiger partial charge >= 0.3 is 0 Å². The van der Waals surface area contributed by atoms with E-state index in [1.165, 1.54) is 44.2 Å². The van der Waals surface area contributed by atoms with E-state index in [0.717, 1.165) is 17.9 Å². The Kier molecular flexibility index (Phi) is 5.98. The molecule has 0 unspecified atom stereocenters. The van der Waals surface area contributed by atoms with Gasteiger partial charge in [0.15, 0.2) is 0 Å². The van der Waals surface area contributed by atoms with E-state index in [1.54, 1.807) is 0 Å². The molecule has 0 aliphatic heterocycles. The second-order valence-corrected chi connectivity index (χ2v) is 4.50. The largest absolute Gasteiger partial charge is 0.382 e. The summed E-state index contributed by atoms with van der Waals surface area (Å²) in [4.78, 5) is 0. The van der Waals surface area contributed by atoms with Crippen LogP contribution in [0.3, 0.4) is 0 Å². The van der Waals surface area contributed by atoms with Crippen LogP contribution in [0.15, 0.2) is 0 Å². The summed E-state index contributed by atoms with van der Waals surface area (Å²) in [7, 11) is 0. The van der Waals surface area contributed by atoms with Gasteiger partial charge in [0, 0.05) is 6.54 Å². The number of anilines is 1. The number of nitrogens with one attached hydrogen (secondary N) is 2. The lowest BCUT2D eigenvalue weighted by molar-refractivity contribution is 0.617. The van der Waals surface area contributed by atoms with E-state index in [4.69, 9.17) is 0 Å². The van der Waals surface area contributed by atoms with E-state index >= 15 is 0 Å². The van der Waals surface area contributed by atoms with E-state index in [9.17, 15) is 0 Å². The molecule has 1 heterocycles. The maximum Gasteiger partial charge on any atom is 0.0825 e. The smallest absolute Gasteiger partial charge is 0.0825 e. The molecule has 3 heteroatoms. The Labute approximate surface area is 99.0 Å². The van der Waals surface area contributed by atoms with Crippen LogP contribution in [0.5, 0.6) is 0 Å². The highest BCUT2D eigenvalue weighted by molar-refractivity contribution is 5.51. The summed E-state index contributed by atoms with van der Waals surface area (Å²) >= 11 is 0. The van der Waals surface area contributed by atoms with Crippen molar-refractivity contribution in [2.45, 2.75) is 59.3 Å². The zero-order valence-corrected chi connectivity index (χ0v) is 10.9. The van der Waals surface area contributed by atoms with E-state index in [0.29, 0.717) is 0 Å². The SMILES string of the molecule is CCCCCCCCNc1c(C)n[nH]c1C. The molecule has 0 amide bonds. The Morgan fingerprint density at radius 1 is 1.06 bits per heavy atom. The third-order valence-electron chi connectivity index (χ3n) is 2.96. The second kappa shape index (κ2) is 7.31. The minimum atomic E-state index is 1.06. The number of aryl methyl sites for hydroxylation is 2. The van der Waals surface area contributed by atoms with Crippen LogP contribution in [0, 0.1) is 13.8 Å². The van der Waals surface area contributed by atoms with Crippen LogP contribution in [0.1, 0.15) is 56.8 Å². The van der Waals surface area contributed by atoms with Gasteiger partial charge in [0.05, 0.1) is 17.1 Å². The molecular formula is C13H25N3. The Hall–Kier alpha value is -0.990. The highest BCUT2D eigenvalue weighted by atomic mass is 15.1. The normalized spacial score (nSPS) is 10.7. The van der Waals surface area contributed by atoms with Crippen LogP contribution in [0.4, 0.5) is 5.69 Å². The Morgan fingerprint density at radius 2 is 1.75 bits per heavy atom. The first-order valence-electron chi connectivity index (χ1n) is 6.51. The maximum absolute atomic E-state index is 4.17. The summed E-state index contributed by atoms with van der Waals surface area (Å²) in [6, 6.07) is 0. The summed E-state index contributed by atoms with van der Waals surface area (Å²) in [5, 5.41) is 10.6. The van der Waals surface area contributed by atoms with Gasteiger partial charge in [0.1, 0.15) is 0 Å². The lowest BCUT2D eigenvalue weighted by Crippen LogP contribution is -2.02. The third-order valence-corrected chi connectivity index (χ3v) is 2.96. The summed E-state index contributed by atoms with van der Waals surface area (Å²) in [6.45, 7) is 7.41. The molecule has 0 bridgehead atoms. The minimum absolute atomic E-state index is 1.06. The molecule has 92 valence electrons.